The van der Waals surface area contributed by atoms with Crippen LogP contribution in [0.4, 0.5) is 0 Å². The Morgan fingerprint density at radius 2 is 1.47 bits per heavy atom. The number of alkyl halides is 1. The fourth-order valence-electron chi connectivity index (χ4n) is 1.44. The van der Waals surface area contributed by atoms with Crippen LogP contribution in [-0.4, -0.2) is 22.4 Å². The van der Waals surface area contributed by atoms with Gasteiger partial charge < -0.3 is 10.6 Å². The van der Waals surface area contributed by atoms with Crippen LogP contribution in [0, 0.1) is 0 Å². The summed E-state index contributed by atoms with van der Waals surface area (Å²) in [4.78, 5) is 22.4. The lowest BCUT2D eigenvalue weighted by molar-refractivity contribution is -0.122. The number of unbranched alkanes of at least 4 members (excludes halogenated alkanes) is 3. The van der Waals surface area contributed by atoms with Gasteiger partial charge in [-0.1, -0.05) is 35.4 Å². The first-order valence-corrected chi connectivity index (χ1v) is 7.13. The highest BCUT2D eigenvalue weighted by Crippen LogP contribution is 2.13. The quantitative estimate of drug-likeness (QED) is 0.304. The molecule has 0 unspecified atom stereocenters. The topological polar surface area (TPSA) is 58.2 Å². The van der Waals surface area contributed by atoms with E-state index in [-0.39, 0.29) is 15.4 Å². The molecular formula is C12H23IN2O2. The minimum atomic E-state index is -0.173. The summed E-state index contributed by atoms with van der Waals surface area (Å²) < 4.78 is -0.173. The van der Waals surface area contributed by atoms with Crippen LogP contribution in [0.1, 0.15) is 52.4 Å². The second kappa shape index (κ2) is 8.72. The Bertz CT molecular complexity index is 249. The predicted octanol–water partition coefficient (Wildman–Crippen LogP) is 2.36. The molecule has 0 atom stereocenters. The van der Waals surface area contributed by atoms with Gasteiger partial charge in [-0.15, -0.1) is 0 Å². The van der Waals surface area contributed by atoms with Gasteiger partial charge in [0.15, 0.2) is 0 Å². The van der Waals surface area contributed by atoms with Crippen LogP contribution in [0.25, 0.3) is 0 Å². The van der Waals surface area contributed by atoms with E-state index in [4.69, 9.17) is 0 Å². The second-order valence-corrected chi connectivity index (χ2v) is 7.30. The maximum atomic E-state index is 11.5. The van der Waals surface area contributed by atoms with Gasteiger partial charge in [-0.25, -0.2) is 0 Å². The Morgan fingerprint density at radius 3 is 1.88 bits per heavy atom. The summed E-state index contributed by atoms with van der Waals surface area (Å²) in [5.41, 5.74) is 0. The van der Waals surface area contributed by atoms with E-state index in [2.05, 4.69) is 33.2 Å². The number of nitrogens with one attached hydrogen (secondary N) is 2. The van der Waals surface area contributed by atoms with Gasteiger partial charge >= 0.3 is 0 Å². The van der Waals surface area contributed by atoms with Crippen LogP contribution < -0.4 is 10.6 Å². The molecule has 2 N–H and O–H groups in total. The smallest absolute Gasteiger partial charge is 0.221 e. The third-order valence-corrected chi connectivity index (χ3v) is 2.54. The van der Waals surface area contributed by atoms with Crippen molar-refractivity contribution in [3.63, 3.8) is 0 Å². The van der Waals surface area contributed by atoms with Crippen LogP contribution in [0.15, 0.2) is 0 Å². The van der Waals surface area contributed by atoms with Crippen LogP contribution in [-0.2, 0) is 9.59 Å². The summed E-state index contributed by atoms with van der Waals surface area (Å²) in [6, 6.07) is 0. The minimum absolute atomic E-state index is 0.0920. The van der Waals surface area contributed by atoms with Crippen molar-refractivity contribution in [1.82, 2.24) is 10.6 Å². The van der Waals surface area contributed by atoms with Crippen LogP contribution in [0.2, 0.25) is 0 Å². The number of carbonyl (C=O) groups excluding carboxylic acids is 2. The van der Waals surface area contributed by atoms with Gasteiger partial charge in [-0.05, 0) is 26.7 Å². The summed E-state index contributed by atoms with van der Waals surface area (Å²) in [6.07, 6.45) is 4.97. The molecule has 0 aliphatic heterocycles. The molecule has 0 heterocycles. The molecule has 0 spiro atoms. The summed E-state index contributed by atoms with van der Waals surface area (Å²) in [7, 11) is 1.65. The maximum Gasteiger partial charge on any atom is 0.221 e. The Balaban J connectivity index is 3.40. The highest BCUT2D eigenvalue weighted by Gasteiger charge is 2.14. The molecule has 0 saturated carbocycles. The zero-order valence-corrected chi connectivity index (χ0v) is 13.1. The van der Waals surface area contributed by atoms with Gasteiger partial charge in [0, 0.05) is 19.9 Å². The largest absolute Gasteiger partial charge is 0.359 e. The number of halogens is 1. The summed E-state index contributed by atoms with van der Waals surface area (Å²) >= 11 is 2.20. The summed E-state index contributed by atoms with van der Waals surface area (Å²) in [6.45, 7) is 3.93. The number of carbonyl (C=O) groups is 2. The normalized spacial score (nSPS) is 11.1. The van der Waals surface area contributed by atoms with Gasteiger partial charge in [-0.2, -0.15) is 0 Å². The average molecular weight is 354 g/mol. The highest BCUT2D eigenvalue weighted by molar-refractivity contribution is 14.1. The second-order valence-electron chi connectivity index (χ2n) is 4.61. The molecule has 2 amide bonds. The third kappa shape index (κ3) is 11.9. The van der Waals surface area contributed by atoms with E-state index in [9.17, 15) is 9.59 Å². The molecule has 0 rings (SSSR count). The SMILES string of the molecule is CNC(=O)CCCCCCC(=O)NC(C)(C)I. The molecule has 0 saturated heterocycles. The predicted molar refractivity (Wildman–Crippen MR) is 78.0 cm³/mol. The molecule has 0 aromatic carbocycles. The standard InChI is InChI=1S/C12H23IN2O2/c1-12(2,13)15-11(17)9-7-5-4-6-8-10(16)14-3/h4-9H2,1-3H3,(H,14,16)(H,15,17). The fourth-order valence-corrected chi connectivity index (χ4v) is 1.74. The van der Waals surface area contributed by atoms with Crippen molar-refractivity contribution in [2.24, 2.45) is 0 Å². The lowest BCUT2D eigenvalue weighted by Gasteiger charge is -2.18. The van der Waals surface area contributed by atoms with E-state index >= 15 is 0 Å². The zero-order chi connectivity index (χ0) is 13.3. The van der Waals surface area contributed by atoms with Crippen molar-refractivity contribution >= 4 is 34.4 Å². The van der Waals surface area contributed by atoms with E-state index in [1.54, 1.807) is 7.05 Å². The zero-order valence-electron chi connectivity index (χ0n) is 10.9. The van der Waals surface area contributed by atoms with Crippen molar-refractivity contribution in [1.29, 1.82) is 0 Å². The highest BCUT2D eigenvalue weighted by atomic mass is 127. The van der Waals surface area contributed by atoms with E-state index < -0.39 is 0 Å². The van der Waals surface area contributed by atoms with E-state index in [1.165, 1.54) is 0 Å². The number of amides is 2. The van der Waals surface area contributed by atoms with Crippen molar-refractivity contribution < 1.29 is 9.59 Å². The first kappa shape index (κ1) is 16.7. The van der Waals surface area contributed by atoms with Crippen molar-refractivity contribution in [3.8, 4) is 0 Å². The molecular weight excluding hydrogens is 331 g/mol. The molecule has 17 heavy (non-hydrogen) atoms. The van der Waals surface area contributed by atoms with Crippen molar-refractivity contribution in [3.05, 3.63) is 0 Å². The Hall–Kier alpha value is -0.330. The summed E-state index contributed by atoms with van der Waals surface area (Å²) in [5.74, 6) is 0.199. The maximum absolute atomic E-state index is 11.5. The lowest BCUT2D eigenvalue weighted by Crippen LogP contribution is -2.37. The fraction of sp³-hybridized carbons (Fsp3) is 0.833. The first-order chi connectivity index (χ1) is 7.85. The van der Waals surface area contributed by atoms with Gasteiger partial charge in [0.1, 0.15) is 0 Å². The van der Waals surface area contributed by atoms with Crippen LogP contribution >= 0.6 is 22.6 Å². The van der Waals surface area contributed by atoms with Gasteiger partial charge in [0.25, 0.3) is 0 Å². The van der Waals surface area contributed by atoms with Gasteiger partial charge in [0.05, 0.1) is 3.55 Å². The molecule has 0 fully saturated rings. The molecule has 0 aliphatic rings. The first-order valence-electron chi connectivity index (χ1n) is 6.05. The Kier molecular flexibility index (Phi) is 8.55. The average Bonchev–Trinajstić information content (AvgIpc) is 2.20. The number of hydrogen-bond donors (Lipinski definition) is 2. The molecule has 100 valence electrons. The minimum Gasteiger partial charge on any atom is -0.359 e. The van der Waals surface area contributed by atoms with Crippen LogP contribution in [0.3, 0.4) is 0 Å². The molecule has 0 aromatic heterocycles. The van der Waals surface area contributed by atoms with Gasteiger partial charge in [-0.3, -0.25) is 9.59 Å². The van der Waals surface area contributed by atoms with Crippen molar-refractivity contribution in [2.75, 3.05) is 7.05 Å². The molecule has 5 heteroatoms. The van der Waals surface area contributed by atoms with E-state index in [1.807, 2.05) is 13.8 Å². The monoisotopic (exact) mass is 354 g/mol. The lowest BCUT2D eigenvalue weighted by atomic mass is 10.1. The number of hydrogen-bond acceptors (Lipinski definition) is 2. The van der Waals surface area contributed by atoms with Crippen LogP contribution in [0.5, 0.6) is 0 Å². The molecule has 0 aromatic rings. The number of rotatable bonds is 8. The molecule has 4 nitrogen and oxygen atoms in total. The van der Waals surface area contributed by atoms with Gasteiger partial charge in [0.2, 0.25) is 11.8 Å². The van der Waals surface area contributed by atoms with Crippen molar-refractivity contribution in [2.45, 2.75) is 55.9 Å². The third-order valence-electron chi connectivity index (χ3n) is 2.27. The van der Waals surface area contributed by atoms with E-state index in [0.717, 1.165) is 25.7 Å². The molecule has 0 bridgehead atoms. The summed E-state index contributed by atoms with van der Waals surface area (Å²) in [5, 5.41) is 5.52. The molecule has 0 aliphatic carbocycles. The van der Waals surface area contributed by atoms with E-state index in [0.29, 0.717) is 12.8 Å². The molecule has 0 radical (unpaired) electrons. The Morgan fingerprint density at radius 1 is 1.00 bits per heavy atom. The Labute approximate surface area is 117 Å².